The number of benzene rings is 1. The molecule has 1 amide bonds. The fourth-order valence-electron chi connectivity index (χ4n) is 2.02. The summed E-state index contributed by atoms with van der Waals surface area (Å²) in [6, 6.07) is 9.42. The van der Waals surface area contributed by atoms with Crippen LogP contribution in [0.2, 0.25) is 0 Å². The number of carbonyl (C=O) groups excluding carboxylic acids is 1. The van der Waals surface area contributed by atoms with Crippen LogP contribution in [0.25, 0.3) is 0 Å². The molecule has 0 unspecified atom stereocenters. The van der Waals surface area contributed by atoms with Gasteiger partial charge in [0.1, 0.15) is 11.4 Å². The van der Waals surface area contributed by atoms with Gasteiger partial charge in [0.2, 0.25) is 5.95 Å². The van der Waals surface area contributed by atoms with Crippen molar-refractivity contribution in [3.8, 4) is 5.75 Å². The number of nitrogens with one attached hydrogen (secondary N) is 2. The van der Waals surface area contributed by atoms with E-state index in [2.05, 4.69) is 20.6 Å². The van der Waals surface area contributed by atoms with Crippen molar-refractivity contribution in [1.29, 1.82) is 0 Å². The molecule has 0 bridgehead atoms. The Kier molecular flexibility index (Phi) is 5.91. The molecule has 6 nitrogen and oxygen atoms in total. The molecule has 122 valence electrons. The molecule has 0 aliphatic carbocycles. The number of aryl methyl sites for hydroxylation is 1. The van der Waals surface area contributed by atoms with Crippen LogP contribution in [0.3, 0.4) is 0 Å². The Morgan fingerprint density at radius 2 is 1.96 bits per heavy atom. The maximum Gasteiger partial charge on any atom is 0.270 e. The highest BCUT2D eigenvalue weighted by Gasteiger charge is 2.09. The predicted octanol–water partition coefficient (Wildman–Crippen LogP) is 2.55. The smallest absolute Gasteiger partial charge is 0.270 e. The molecule has 6 heteroatoms. The van der Waals surface area contributed by atoms with E-state index in [0.29, 0.717) is 24.7 Å². The van der Waals surface area contributed by atoms with Crippen molar-refractivity contribution >= 4 is 11.9 Å². The zero-order chi connectivity index (χ0) is 16.7. The number of ether oxygens (including phenoxy) is 1. The van der Waals surface area contributed by atoms with Crippen molar-refractivity contribution in [3.63, 3.8) is 0 Å². The zero-order valence-electron chi connectivity index (χ0n) is 13.7. The summed E-state index contributed by atoms with van der Waals surface area (Å²) in [4.78, 5) is 20.6. The number of nitrogens with zero attached hydrogens (tertiary/aromatic N) is 2. The summed E-state index contributed by atoms with van der Waals surface area (Å²) in [5.41, 5.74) is 2.20. The van der Waals surface area contributed by atoms with Crippen LogP contribution in [-0.4, -0.2) is 29.5 Å². The third-order valence-electron chi connectivity index (χ3n) is 3.23. The fraction of sp³-hybridized carbons (Fsp3) is 0.353. The summed E-state index contributed by atoms with van der Waals surface area (Å²) in [6.07, 6.45) is 0.887. The van der Waals surface area contributed by atoms with Crippen LogP contribution in [0.15, 0.2) is 30.3 Å². The SMILES string of the molecule is CCCNC(=O)c1cc(C)nc(NCc2ccc(OC)cc2)n1. The summed E-state index contributed by atoms with van der Waals surface area (Å²) >= 11 is 0. The molecule has 1 heterocycles. The van der Waals surface area contributed by atoms with Crippen LogP contribution < -0.4 is 15.4 Å². The van der Waals surface area contributed by atoms with Gasteiger partial charge < -0.3 is 15.4 Å². The zero-order valence-corrected chi connectivity index (χ0v) is 13.7. The van der Waals surface area contributed by atoms with Gasteiger partial charge in [-0.15, -0.1) is 0 Å². The Morgan fingerprint density at radius 3 is 2.61 bits per heavy atom. The Balaban J connectivity index is 2.04. The van der Waals surface area contributed by atoms with Crippen molar-refractivity contribution in [1.82, 2.24) is 15.3 Å². The highest BCUT2D eigenvalue weighted by atomic mass is 16.5. The fourth-order valence-corrected chi connectivity index (χ4v) is 2.02. The second kappa shape index (κ2) is 8.12. The number of hydrogen-bond acceptors (Lipinski definition) is 5. The average Bonchev–Trinajstić information content (AvgIpc) is 2.57. The van der Waals surface area contributed by atoms with Crippen LogP contribution in [0.1, 0.15) is 35.1 Å². The first-order chi connectivity index (χ1) is 11.1. The summed E-state index contributed by atoms with van der Waals surface area (Å²) in [5, 5.41) is 5.97. The highest BCUT2D eigenvalue weighted by molar-refractivity contribution is 5.92. The van der Waals surface area contributed by atoms with E-state index in [1.165, 1.54) is 0 Å². The summed E-state index contributed by atoms with van der Waals surface area (Å²) in [7, 11) is 1.64. The molecule has 2 rings (SSSR count). The van der Waals surface area contributed by atoms with Crippen molar-refractivity contribution in [2.75, 3.05) is 19.0 Å². The number of carbonyl (C=O) groups is 1. The first kappa shape index (κ1) is 16.7. The third-order valence-corrected chi connectivity index (χ3v) is 3.23. The highest BCUT2D eigenvalue weighted by Crippen LogP contribution is 2.12. The van der Waals surface area contributed by atoms with E-state index < -0.39 is 0 Å². The van der Waals surface area contributed by atoms with Gasteiger partial charge in [0.05, 0.1) is 7.11 Å². The number of methoxy groups -OCH3 is 1. The summed E-state index contributed by atoms with van der Waals surface area (Å²) in [5.74, 6) is 1.09. The molecule has 1 aromatic carbocycles. The Hall–Kier alpha value is -2.63. The quantitative estimate of drug-likeness (QED) is 0.821. The van der Waals surface area contributed by atoms with E-state index in [1.54, 1.807) is 13.2 Å². The maximum absolute atomic E-state index is 12.0. The van der Waals surface area contributed by atoms with Gasteiger partial charge in [0.15, 0.2) is 0 Å². The molecule has 0 aliphatic heterocycles. The summed E-state index contributed by atoms with van der Waals surface area (Å²) < 4.78 is 5.13. The lowest BCUT2D eigenvalue weighted by molar-refractivity contribution is 0.0948. The lowest BCUT2D eigenvalue weighted by Crippen LogP contribution is -2.25. The van der Waals surface area contributed by atoms with Crippen LogP contribution in [0.4, 0.5) is 5.95 Å². The van der Waals surface area contributed by atoms with Gasteiger partial charge in [-0.3, -0.25) is 4.79 Å². The van der Waals surface area contributed by atoms with Gasteiger partial charge in [-0.05, 0) is 37.1 Å². The van der Waals surface area contributed by atoms with Crippen molar-refractivity contribution < 1.29 is 9.53 Å². The van der Waals surface area contributed by atoms with E-state index in [-0.39, 0.29) is 5.91 Å². The Bertz CT molecular complexity index is 656. The Labute approximate surface area is 136 Å². The van der Waals surface area contributed by atoms with Crippen LogP contribution in [0, 0.1) is 6.92 Å². The van der Waals surface area contributed by atoms with Crippen molar-refractivity contribution in [2.24, 2.45) is 0 Å². The number of amides is 1. The first-order valence-electron chi connectivity index (χ1n) is 7.63. The van der Waals surface area contributed by atoms with Gasteiger partial charge in [0, 0.05) is 18.8 Å². The van der Waals surface area contributed by atoms with Gasteiger partial charge in [0.25, 0.3) is 5.91 Å². The number of hydrogen-bond donors (Lipinski definition) is 2. The van der Waals surface area contributed by atoms with Gasteiger partial charge in [-0.25, -0.2) is 9.97 Å². The molecule has 0 saturated heterocycles. The number of anilines is 1. The molecule has 0 saturated carbocycles. The van der Waals surface area contributed by atoms with Crippen molar-refractivity contribution in [2.45, 2.75) is 26.8 Å². The van der Waals surface area contributed by atoms with E-state index in [9.17, 15) is 4.79 Å². The molecular formula is C17H22N4O2. The first-order valence-corrected chi connectivity index (χ1v) is 7.63. The molecule has 1 aromatic heterocycles. The number of rotatable bonds is 7. The summed E-state index contributed by atoms with van der Waals surface area (Å²) in [6.45, 7) is 5.06. The molecule has 0 radical (unpaired) electrons. The predicted molar refractivity (Wildman–Crippen MR) is 89.7 cm³/mol. The molecule has 0 fully saturated rings. The second-order valence-corrected chi connectivity index (χ2v) is 5.18. The molecule has 2 aromatic rings. The second-order valence-electron chi connectivity index (χ2n) is 5.18. The van der Waals surface area contributed by atoms with E-state index in [0.717, 1.165) is 23.4 Å². The molecule has 0 spiro atoms. The minimum atomic E-state index is -0.176. The molecule has 2 N–H and O–H groups in total. The minimum Gasteiger partial charge on any atom is -0.497 e. The van der Waals surface area contributed by atoms with Crippen LogP contribution in [0.5, 0.6) is 5.75 Å². The third kappa shape index (κ3) is 4.95. The maximum atomic E-state index is 12.0. The largest absolute Gasteiger partial charge is 0.497 e. The van der Waals surface area contributed by atoms with Crippen LogP contribution >= 0.6 is 0 Å². The molecule has 23 heavy (non-hydrogen) atoms. The Morgan fingerprint density at radius 1 is 1.22 bits per heavy atom. The number of aromatic nitrogens is 2. The monoisotopic (exact) mass is 314 g/mol. The van der Waals surface area contributed by atoms with Crippen LogP contribution in [-0.2, 0) is 6.54 Å². The molecular weight excluding hydrogens is 292 g/mol. The topological polar surface area (TPSA) is 76.1 Å². The normalized spacial score (nSPS) is 10.2. The lowest BCUT2D eigenvalue weighted by atomic mass is 10.2. The standard InChI is InChI=1S/C17H22N4O2/c1-4-9-18-16(22)15-10-12(2)20-17(21-15)19-11-13-5-7-14(23-3)8-6-13/h5-8,10H,4,9,11H2,1-3H3,(H,18,22)(H,19,20,21). The van der Waals surface area contributed by atoms with Gasteiger partial charge in [-0.2, -0.15) is 0 Å². The van der Waals surface area contributed by atoms with Crippen molar-refractivity contribution in [3.05, 3.63) is 47.3 Å². The van der Waals surface area contributed by atoms with E-state index in [1.807, 2.05) is 38.1 Å². The minimum absolute atomic E-state index is 0.176. The van der Waals surface area contributed by atoms with E-state index in [4.69, 9.17) is 4.74 Å². The molecule has 0 atom stereocenters. The lowest BCUT2D eigenvalue weighted by Gasteiger charge is -2.09. The van der Waals surface area contributed by atoms with Gasteiger partial charge in [-0.1, -0.05) is 19.1 Å². The van der Waals surface area contributed by atoms with Gasteiger partial charge >= 0.3 is 0 Å². The average molecular weight is 314 g/mol. The molecule has 0 aliphatic rings. The van der Waals surface area contributed by atoms with E-state index >= 15 is 0 Å².